The van der Waals surface area contributed by atoms with E-state index in [0.29, 0.717) is 17.5 Å². The Labute approximate surface area is 94.8 Å². The lowest BCUT2D eigenvalue weighted by atomic mass is 9.93. The quantitative estimate of drug-likeness (QED) is 0.752. The molecule has 1 saturated carbocycles. The highest BCUT2D eigenvalue weighted by Crippen LogP contribution is 2.18. The molecule has 0 atom stereocenters. The molecule has 0 spiro atoms. The minimum absolute atomic E-state index is 0.0541. The van der Waals surface area contributed by atoms with Crippen LogP contribution in [0.3, 0.4) is 0 Å². The van der Waals surface area contributed by atoms with Gasteiger partial charge < -0.3 is 15.8 Å². The maximum absolute atomic E-state index is 11.4. The molecule has 16 heavy (non-hydrogen) atoms. The van der Waals surface area contributed by atoms with Crippen molar-refractivity contribution in [3.8, 4) is 5.75 Å². The maximum Gasteiger partial charge on any atom is 0.258 e. The fraction of sp³-hybridized carbons (Fsp3) is 0.417. The van der Waals surface area contributed by atoms with Crippen LogP contribution in [0.5, 0.6) is 5.75 Å². The summed E-state index contributed by atoms with van der Waals surface area (Å²) in [5.41, 5.74) is 6.23. The number of carbonyl (C=O) groups excluding carboxylic acids is 1. The van der Waals surface area contributed by atoms with E-state index in [1.807, 2.05) is 0 Å². The molecule has 1 aromatic rings. The second-order valence-electron chi connectivity index (χ2n) is 4.05. The van der Waals surface area contributed by atoms with E-state index >= 15 is 0 Å². The SMILES string of the molecule is Nc1ccc(OCC(=O)NC2CCC2)cc1. The average Bonchev–Trinajstić information content (AvgIpc) is 2.23. The van der Waals surface area contributed by atoms with Gasteiger partial charge in [0, 0.05) is 11.7 Å². The van der Waals surface area contributed by atoms with Gasteiger partial charge in [0.2, 0.25) is 0 Å². The van der Waals surface area contributed by atoms with Crippen molar-refractivity contribution >= 4 is 11.6 Å². The molecule has 4 nitrogen and oxygen atoms in total. The van der Waals surface area contributed by atoms with Gasteiger partial charge in [-0.05, 0) is 43.5 Å². The zero-order chi connectivity index (χ0) is 11.4. The lowest BCUT2D eigenvalue weighted by Gasteiger charge is -2.26. The second kappa shape index (κ2) is 4.88. The highest BCUT2D eigenvalue weighted by atomic mass is 16.5. The summed E-state index contributed by atoms with van der Waals surface area (Å²) in [4.78, 5) is 11.4. The van der Waals surface area contributed by atoms with Crippen molar-refractivity contribution in [2.24, 2.45) is 0 Å². The van der Waals surface area contributed by atoms with E-state index in [-0.39, 0.29) is 12.5 Å². The minimum Gasteiger partial charge on any atom is -0.484 e. The monoisotopic (exact) mass is 220 g/mol. The van der Waals surface area contributed by atoms with Crippen LogP contribution in [-0.4, -0.2) is 18.6 Å². The van der Waals surface area contributed by atoms with E-state index in [1.54, 1.807) is 24.3 Å². The highest BCUT2D eigenvalue weighted by molar-refractivity contribution is 5.77. The Balaban J connectivity index is 1.73. The number of hydrogen-bond donors (Lipinski definition) is 2. The Bertz CT molecular complexity index is 358. The van der Waals surface area contributed by atoms with Gasteiger partial charge in [0.25, 0.3) is 5.91 Å². The third-order valence-electron chi connectivity index (χ3n) is 2.72. The molecule has 0 radical (unpaired) electrons. The molecule has 0 bridgehead atoms. The van der Waals surface area contributed by atoms with Crippen LogP contribution >= 0.6 is 0 Å². The summed E-state index contributed by atoms with van der Waals surface area (Å²) in [7, 11) is 0. The molecule has 86 valence electrons. The van der Waals surface area contributed by atoms with E-state index < -0.39 is 0 Å². The van der Waals surface area contributed by atoms with Crippen molar-refractivity contribution in [2.45, 2.75) is 25.3 Å². The number of nitrogens with one attached hydrogen (secondary N) is 1. The number of hydrogen-bond acceptors (Lipinski definition) is 3. The number of anilines is 1. The number of ether oxygens (including phenoxy) is 1. The maximum atomic E-state index is 11.4. The van der Waals surface area contributed by atoms with Gasteiger partial charge in [-0.2, -0.15) is 0 Å². The summed E-state index contributed by atoms with van der Waals surface area (Å²) in [5.74, 6) is 0.611. The van der Waals surface area contributed by atoms with E-state index in [1.165, 1.54) is 6.42 Å². The molecule has 0 unspecified atom stereocenters. The van der Waals surface area contributed by atoms with Gasteiger partial charge in [-0.1, -0.05) is 0 Å². The third kappa shape index (κ3) is 2.89. The van der Waals surface area contributed by atoms with Crippen LogP contribution in [0, 0.1) is 0 Å². The van der Waals surface area contributed by atoms with Crippen LogP contribution < -0.4 is 15.8 Å². The Morgan fingerprint density at radius 3 is 2.62 bits per heavy atom. The first-order valence-electron chi connectivity index (χ1n) is 5.52. The summed E-state index contributed by atoms with van der Waals surface area (Å²) < 4.78 is 5.32. The Kier molecular flexibility index (Phi) is 3.29. The van der Waals surface area contributed by atoms with Gasteiger partial charge in [-0.25, -0.2) is 0 Å². The Hall–Kier alpha value is -1.71. The van der Waals surface area contributed by atoms with E-state index in [2.05, 4.69) is 5.32 Å². The van der Waals surface area contributed by atoms with Gasteiger partial charge >= 0.3 is 0 Å². The molecule has 0 aliphatic heterocycles. The van der Waals surface area contributed by atoms with E-state index in [4.69, 9.17) is 10.5 Å². The predicted octanol–water partition coefficient (Wildman–Crippen LogP) is 1.32. The van der Waals surface area contributed by atoms with Crippen molar-refractivity contribution in [3.63, 3.8) is 0 Å². The summed E-state index contributed by atoms with van der Waals surface area (Å²) in [6, 6.07) is 7.37. The van der Waals surface area contributed by atoms with Crippen molar-refractivity contribution in [3.05, 3.63) is 24.3 Å². The smallest absolute Gasteiger partial charge is 0.258 e. The summed E-state index contributed by atoms with van der Waals surface area (Å²) in [6.07, 6.45) is 3.39. The molecule has 1 aliphatic rings. The topological polar surface area (TPSA) is 64.3 Å². The highest BCUT2D eigenvalue weighted by Gasteiger charge is 2.19. The first-order valence-corrected chi connectivity index (χ1v) is 5.52. The van der Waals surface area contributed by atoms with E-state index in [9.17, 15) is 4.79 Å². The fourth-order valence-corrected chi connectivity index (χ4v) is 1.53. The average molecular weight is 220 g/mol. The number of nitrogen functional groups attached to an aromatic ring is 1. The standard InChI is InChI=1S/C12H16N2O2/c13-9-4-6-11(7-5-9)16-8-12(15)14-10-2-1-3-10/h4-7,10H,1-3,8,13H2,(H,14,15). The molecule has 4 heteroatoms. The molecular formula is C12H16N2O2. The van der Waals surface area contributed by atoms with Crippen LogP contribution in [0.15, 0.2) is 24.3 Å². The molecule has 0 heterocycles. The van der Waals surface area contributed by atoms with E-state index in [0.717, 1.165) is 12.8 Å². The van der Waals surface area contributed by atoms with Crippen molar-refractivity contribution in [1.29, 1.82) is 0 Å². The number of amides is 1. The first-order chi connectivity index (χ1) is 7.74. The predicted molar refractivity (Wildman–Crippen MR) is 62.1 cm³/mol. The lowest BCUT2D eigenvalue weighted by Crippen LogP contribution is -2.41. The second-order valence-corrected chi connectivity index (χ2v) is 4.05. The molecule has 2 rings (SSSR count). The van der Waals surface area contributed by atoms with Gasteiger partial charge in [0.05, 0.1) is 0 Å². The van der Waals surface area contributed by atoms with Gasteiger partial charge in [-0.15, -0.1) is 0 Å². The van der Waals surface area contributed by atoms with Crippen LogP contribution in [-0.2, 0) is 4.79 Å². The minimum atomic E-state index is -0.0541. The van der Waals surface area contributed by atoms with Gasteiger partial charge in [0.15, 0.2) is 6.61 Å². The summed E-state index contributed by atoms with van der Waals surface area (Å²) >= 11 is 0. The normalized spacial score (nSPS) is 15.2. The third-order valence-corrected chi connectivity index (χ3v) is 2.72. The van der Waals surface area contributed by atoms with Crippen molar-refractivity contribution in [1.82, 2.24) is 5.32 Å². The van der Waals surface area contributed by atoms with Crippen LogP contribution in [0.25, 0.3) is 0 Å². The zero-order valence-electron chi connectivity index (χ0n) is 9.11. The molecular weight excluding hydrogens is 204 g/mol. The fourth-order valence-electron chi connectivity index (χ4n) is 1.53. The van der Waals surface area contributed by atoms with Crippen molar-refractivity contribution < 1.29 is 9.53 Å². The Morgan fingerprint density at radius 2 is 2.06 bits per heavy atom. The van der Waals surface area contributed by atoms with Gasteiger partial charge in [-0.3, -0.25) is 4.79 Å². The number of nitrogens with two attached hydrogens (primary N) is 1. The van der Waals surface area contributed by atoms with Crippen LogP contribution in [0.1, 0.15) is 19.3 Å². The molecule has 1 aliphatic carbocycles. The number of rotatable bonds is 4. The van der Waals surface area contributed by atoms with Gasteiger partial charge in [0.1, 0.15) is 5.75 Å². The largest absolute Gasteiger partial charge is 0.484 e. The zero-order valence-corrected chi connectivity index (χ0v) is 9.11. The molecule has 0 aromatic heterocycles. The van der Waals surface area contributed by atoms with Crippen LogP contribution in [0.2, 0.25) is 0 Å². The first kappa shape index (κ1) is 10.8. The van der Waals surface area contributed by atoms with Crippen molar-refractivity contribution in [2.75, 3.05) is 12.3 Å². The Morgan fingerprint density at radius 1 is 1.38 bits per heavy atom. The summed E-state index contributed by atoms with van der Waals surface area (Å²) in [6.45, 7) is 0.0699. The molecule has 1 aromatic carbocycles. The van der Waals surface area contributed by atoms with Crippen LogP contribution in [0.4, 0.5) is 5.69 Å². The molecule has 3 N–H and O–H groups in total. The number of carbonyl (C=O) groups is 1. The molecule has 0 saturated heterocycles. The lowest BCUT2D eigenvalue weighted by molar-refractivity contribution is -0.124. The molecule has 1 fully saturated rings. The summed E-state index contributed by atoms with van der Waals surface area (Å²) in [5, 5.41) is 2.91. The molecule has 1 amide bonds. The number of benzene rings is 1.